The number of amides is 1. The molecule has 0 N–H and O–H groups in total. The van der Waals surface area contributed by atoms with Gasteiger partial charge in [-0.2, -0.15) is 5.26 Å². The van der Waals surface area contributed by atoms with Crippen molar-refractivity contribution in [2.45, 2.75) is 51.9 Å². The number of fused-ring (bicyclic) bond motifs is 1. The molecule has 0 spiro atoms. The van der Waals surface area contributed by atoms with Gasteiger partial charge in [-0.25, -0.2) is 0 Å². The average molecular weight is 384 g/mol. The maximum absolute atomic E-state index is 12.8. The van der Waals surface area contributed by atoms with Crippen LogP contribution < -0.4 is 4.74 Å². The number of benzene rings is 1. The second kappa shape index (κ2) is 7.55. The standard InChI is InChI=1S/C21H24N2O5/c1-5-21(4)20(27-13(3)24)19(23-12-15(26-6-2)10-18(23)25)16-9-14(11-22)7-8-17(16)28-21/h7-10,19-20H,5-6,12H2,1-4H3/t19-,20+,21?/m1/s1. The minimum atomic E-state index is -0.827. The zero-order valence-corrected chi connectivity index (χ0v) is 16.5. The number of esters is 1. The fourth-order valence-electron chi connectivity index (χ4n) is 3.74. The van der Waals surface area contributed by atoms with Gasteiger partial charge in [-0.3, -0.25) is 9.59 Å². The molecule has 2 aliphatic heterocycles. The molecule has 7 heteroatoms. The number of hydrogen-bond donors (Lipinski definition) is 0. The number of nitrogens with zero attached hydrogens (tertiary/aromatic N) is 2. The van der Waals surface area contributed by atoms with Crippen LogP contribution in [0.3, 0.4) is 0 Å². The summed E-state index contributed by atoms with van der Waals surface area (Å²) >= 11 is 0. The normalized spacial score (nSPS) is 26.0. The molecule has 3 rings (SSSR count). The highest BCUT2D eigenvalue weighted by molar-refractivity contribution is 5.91. The van der Waals surface area contributed by atoms with Crippen molar-refractivity contribution in [1.29, 1.82) is 5.26 Å². The first-order valence-corrected chi connectivity index (χ1v) is 9.37. The van der Waals surface area contributed by atoms with Crippen molar-refractivity contribution in [2.75, 3.05) is 13.2 Å². The Morgan fingerprint density at radius 1 is 1.43 bits per heavy atom. The highest BCUT2D eigenvalue weighted by Crippen LogP contribution is 2.47. The maximum Gasteiger partial charge on any atom is 0.303 e. The van der Waals surface area contributed by atoms with Gasteiger partial charge in [0.15, 0.2) is 6.10 Å². The molecule has 3 atom stereocenters. The Bertz CT molecular complexity index is 872. The van der Waals surface area contributed by atoms with Crippen LogP contribution in [0.2, 0.25) is 0 Å². The van der Waals surface area contributed by atoms with Crippen LogP contribution >= 0.6 is 0 Å². The van der Waals surface area contributed by atoms with Gasteiger partial charge in [-0.15, -0.1) is 0 Å². The first-order chi connectivity index (χ1) is 13.3. The van der Waals surface area contributed by atoms with Gasteiger partial charge in [0, 0.05) is 18.6 Å². The fourth-order valence-corrected chi connectivity index (χ4v) is 3.74. The van der Waals surface area contributed by atoms with Crippen molar-refractivity contribution in [1.82, 2.24) is 4.90 Å². The molecule has 1 amide bonds. The smallest absolute Gasteiger partial charge is 0.303 e. The summed E-state index contributed by atoms with van der Waals surface area (Å²) in [7, 11) is 0. The Morgan fingerprint density at radius 2 is 2.18 bits per heavy atom. The molecule has 1 aromatic carbocycles. The molecule has 148 valence electrons. The van der Waals surface area contributed by atoms with Crippen LogP contribution in [0, 0.1) is 11.3 Å². The number of ether oxygens (including phenoxy) is 3. The van der Waals surface area contributed by atoms with Crippen LogP contribution in [0.4, 0.5) is 0 Å². The van der Waals surface area contributed by atoms with E-state index in [-0.39, 0.29) is 12.5 Å². The second-order valence-electron chi connectivity index (χ2n) is 7.12. The van der Waals surface area contributed by atoms with Gasteiger partial charge in [0.2, 0.25) is 0 Å². The molecule has 0 aliphatic carbocycles. The third-order valence-electron chi connectivity index (χ3n) is 5.24. The van der Waals surface area contributed by atoms with Gasteiger partial charge in [-0.1, -0.05) is 6.92 Å². The maximum atomic E-state index is 12.8. The Hall–Kier alpha value is -3.01. The zero-order valence-electron chi connectivity index (χ0n) is 16.5. The summed E-state index contributed by atoms with van der Waals surface area (Å²) < 4.78 is 17.4. The lowest BCUT2D eigenvalue weighted by Gasteiger charge is -2.48. The van der Waals surface area contributed by atoms with Crippen molar-refractivity contribution < 1.29 is 23.8 Å². The minimum Gasteiger partial charge on any atom is -0.496 e. The van der Waals surface area contributed by atoms with Crippen molar-refractivity contribution in [3.05, 3.63) is 41.2 Å². The first-order valence-electron chi connectivity index (χ1n) is 9.37. The van der Waals surface area contributed by atoms with E-state index in [1.54, 1.807) is 23.1 Å². The molecule has 0 bridgehead atoms. The number of nitriles is 1. The highest BCUT2D eigenvalue weighted by Gasteiger charge is 2.52. The van der Waals surface area contributed by atoms with E-state index >= 15 is 0 Å². The minimum absolute atomic E-state index is 0.223. The van der Waals surface area contributed by atoms with Crippen LogP contribution in [-0.4, -0.2) is 41.6 Å². The van der Waals surface area contributed by atoms with Crippen molar-refractivity contribution in [3.63, 3.8) is 0 Å². The number of carbonyl (C=O) groups is 2. The van der Waals surface area contributed by atoms with Gasteiger partial charge < -0.3 is 19.1 Å². The molecule has 7 nitrogen and oxygen atoms in total. The largest absolute Gasteiger partial charge is 0.496 e. The molecular formula is C21H24N2O5. The third-order valence-corrected chi connectivity index (χ3v) is 5.24. The number of rotatable bonds is 5. The summed E-state index contributed by atoms with van der Waals surface area (Å²) in [5, 5.41) is 9.33. The van der Waals surface area contributed by atoms with E-state index in [4.69, 9.17) is 14.2 Å². The Balaban J connectivity index is 2.12. The molecule has 1 unspecified atom stereocenters. The van der Waals surface area contributed by atoms with Crippen LogP contribution in [0.5, 0.6) is 5.75 Å². The van der Waals surface area contributed by atoms with E-state index < -0.39 is 23.7 Å². The van der Waals surface area contributed by atoms with Gasteiger partial charge in [0.1, 0.15) is 23.2 Å². The molecule has 0 saturated heterocycles. The van der Waals surface area contributed by atoms with Crippen LogP contribution in [0.1, 0.15) is 51.3 Å². The van der Waals surface area contributed by atoms with Crippen molar-refractivity contribution >= 4 is 11.9 Å². The summed E-state index contributed by atoms with van der Waals surface area (Å²) in [4.78, 5) is 26.3. The SMILES string of the molecule is CCOC1=CC(=O)N([C@@H]2c3cc(C#N)ccc3OC(C)(CC)[C@H]2OC(C)=O)C1. The molecule has 2 aliphatic rings. The Kier molecular flexibility index (Phi) is 5.32. The summed E-state index contributed by atoms with van der Waals surface area (Å²) in [5.41, 5.74) is 0.265. The summed E-state index contributed by atoms with van der Waals surface area (Å²) in [6.45, 7) is 7.72. The van der Waals surface area contributed by atoms with E-state index in [0.29, 0.717) is 35.7 Å². The lowest BCUT2D eigenvalue weighted by molar-refractivity contribution is -0.173. The van der Waals surface area contributed by atoms with Crippen LogP contribution in [0.15, 0.2) is 30.0 Å². The van der Waals surface area contributed by atoms with Gasteiger partial charge in [0.25, 0.3) is 5.91 Å². The Labute approximate surface area is 164 Å². The van der Waals surface area contributed by atoms with Gasteiger partial charge in [-0.05, 0) is 38.5 Å². The van der Waals surface area contributed by atoms with Crippen molar-refractivity contribution in [3.8, 4) is 11.8 Å². The molecule has 0 radical (unpaired) electrons. The summed E-state index contributed by atoms with van der Waals surface area (Å²) in [6, 6.07) is 6.62. The lowest BCUT2D eigenvalue weighted by Crippen LogP contribution is -2.57. The molecule has 0 saturated carbocycles. The molecule has 28 heavy (non-hydrogen) atoms. The van der Waals surface area contributed by atoms with Gasteiger partial charge in [0.05, 0.1) is 24.8 Å². The number of hydrogen-bond acceptors (Lipinski definition) is 6. The van der Waals surface area contributed by atoms with E-state index in [0.717, 1.165) is 0 Å². The summed E-state index contributed by atoms with van der Waals surface area (Å²) in [6.07, 6.45) is 1.30. The molecule has 0 fully saturated rings. The van der Waals surface area contributed by atoms with Crippen molar-refractivity contribution in [2.24, 2.45) is 0 Å². The molecule has 0 aromatic heterocycles. The fraction of sp³-hybridized carbons (Fsp3) is 0.476. The second-order valence-corrected chi connectivity index (χ2v) is 7.12. The predicted molar refractivity (Wildman–Crippen MR) is 100 cm³/mol. The third kappa shape index (κ3) is 3.42. The highest BCUT2D eigenvalue weighted by atomic mass is 16.6. The average Bonchev–Trinajstić information content (AvgIpc) is 3.02. The van der Waals surface area contributed by atoms with Gasteiger partial charge >= 0.3 is 5.97 Å². The summed E-state index contributed by atoms with van der Waals surface area (Å²) in [5.74, 6) is 0.466. The zero-order chi connectivity index (χ0) is 20.5. The Morgan fingerprint density at radius 3 is 2.79 bits per heavy atom. The van der Waals surface area contributed by atoms with Crippen LogP contribution in [-0.2, 0) is 19.1 Å². The van der Waals surface area contributed by atoms with E-state index in [1.165, 1.54) is 13.0 Å². The molecule has 2 heterocycles. The molecular weight excluding hydrogens is 360 g/mol. The number of carbonyl (C=O) groups excluding carboxylic acids is 2. The quantitative estimate of drug-likeness (QED) is 0.725. The van der Waals surface area contributed by atoms with E-state index in [1.807, 2.05) is 20.8 Å². The first kappa shape index (κ1) is 19.7. The monoisotopic (exact) mass is 384 g/mol. The topological polar surface area (TPSA) is 88.9 Å². The lowest BCUT2D eigenvalue weighted by atomic mass is 9.82. The molecule has 1 aromatic rings. The predicted octanol–water partition coefficient (Wildman–Crippen LogP) is 2.85. The van der Waals surface area contributed by atoms with Crippen LogP contribution in [0.25, 0.3) is 0 Å². The van der Waals surface area contributed by atoms with E-state index in [2.05, 4.69) is 6.07 Å². The van der Waals surface area contributed by atoms with E-state index in [9.17, 15) is 14.9 Å².